The molecule has 0 aliphatic rings. The molecule has 0 aliphatic heterocycles. The fourth-order valence-corrected chi connectivity index (χ4v) is 2.04. The Labute approximate surface area is 105 Å². The van der Waals surface area contributed by atoms with Gasteiger partial charge in [0.15, 0.2) is 0 Å². The van der Waals surface area contributed by atoms with Crippen LogP contribution in [-0.2, 0) is 12.0 Å². The summed E-state index contributed by atoms with van der Waals surface area (Å²) >= 11 is 0. The summed E-state index contributed by atoms with van der Waals surface area (Å²) in [5.41, 5.74) is 4.57. The zero-order valence-electron chi connectivity index (χ0n) is 11.5. The van der Waals surface area contributed by atoms with Gasteiger partial charge in [-0.15, -0.1) is 6.42 Å². The normalized spacial score (nSPS) is 13.2. The number of terminal acetylenes is 1. The second-order valence-electron chi connectivity index (χ2n) is 5.66. The minimum Gasteiger partial charge on any atom is -0.392 e. The molecule has 1 N–H and O–H groups in total. The fraction of sp³-hybridized carbons (Fsp3) is 0.500. The number of aliphatic hydroxyl groups excluding tert-OH is 1. The number of aliphatic hydroxyl groups is 1. The number of benzene rings is 1. The Kier molecular flexibility index (Phi) is 4.01. The van der Waals surface area contributed by atoms with Crippen LogP contribution < -0.4 is 0 Å². The van der Waals surface area contributed by atoms with Gasteiger partial charge in [0, 0.05) is 5.92 Å². The standard InChI is InChI=1S/C16H22O/c1-7-11(2)14-8-12(3)13(10-17)9-15(14)16(4,5)6/h1,8-9,11,17H,10H2,2-6H3/t11-/m1/s1. The molecule has 1 rings (SSSR count). The van der Waals surface area contributed by atoms with E-state index in [-0.39, 0.29) is 17.9 Å². The van der Waals surface area contributed by atoms with E-state index in [2.05, 4.69) is 38.8 Å². The third-order valence-electron chi connectivity index (χ3n) is 3.20. The molecule has 1 aromatic rings. The lowest BCUT2D eigenvalue weighted by Gasteiger charge is -2.26. The molecule has 0 spiro atoms. The molecule has 1 nitrogen and oxygen atoms in total. The van der Waals surface area contributed by atoms with Crippen molar-refractivity contribution >= 4 is 0 Å². The minimum absolute atomic E-state index is 0.0397. The highest BCUT2D eigenvalue weighted by Gasteiger charge is 2.21. The van der Waals surface area contributed by atoms with Crippen molar-refractivity contribution in [3.63, 3.8) is 0 Å². The van der Waals surface area contributed by atoms with Crippen LogP contribution in [0, 0.1) is 19.3 Å². The predicted molar refractivity (Wildman–Crippen MR) is 73.0 cm³/mol. The summed E-state index contributed by atoms with van der Waals surface area (Å²) in [4.78, 5) is 0. The van der Waals surface area contributed by atoms with Gasteiger partial charge >= 0.3 is 0 Å². The molecule has 0 saturated carbocycles. The number of hydrogen-bond acceptors (Lipinski definition) is 1. The van der Waals surface area contributed by atoms with Crippen LogP contribution in [0.15, 0.2) is 12.1 Å². The van der Waals surface area contributed by atoms with E-state index in [1.807, 2.05) is 13.8 Å². The van der Waals surface area contributed by atoms with E-state index >= 15 is 0 Å². The third kappa shape index (κ3) is 2.90. The zero-order valence-corrected chi connectivity index (χ0v) is 11.5. The predicted octanol–water partition coefficient (Wildman–Crippen LogP) is 3.52. The lowest BCUT2D eigenvalue weighted by molar-refractivity contribution is 0.280. The van der Waals surface area contributed by atoms with Crippen LogP contribution >= 0.6 is 0 Å². The van der Waals surface area contributed by atoms with Crippen molar-refractivity contribution in [3.05, 3.63) is 34.4 Å². The quantitative estimate of drug-likeness (QED) is 0.771. The largest absolute Gasteiger partial charge is 0.392 e. The summed E-state index contributed by atoms with van der Waals surface area (Å²) in [6, 6.07) is 4.22. The van der Waals surface area contributed by atoms with Gasteiger partial charge in [0.25, 0.3) is 0 Å². The van der Waals surface area contributed by atoms with Gasteiger partial charge in [0.2, 0.25) is 0 Å². The summed E-state index contributed by atoms with van der Waals surface area (Å²) in [6.07, 6.45) is 5.54. The Hall–Kier alpha value is -1.26. The second kappa shape index (κ2) is 4.94. The molecule has 0 unspecified atom stereocenters. The minimum atomic E-state index is 0.0397. The van der Waals surface area contributed by atoms with Gasteiger partial charge in [-0.1, -0.05) is 38.8 Å². The summed E-state index contributed by atoms with van der Waals surface area (Å²) in [5.74, 6) is 2.90. The highest BCUT2D eigenvalue weighted by molar-refractivity contribution is 5.44. The van der Waals surface area contributed by atoms with Crippen LogP contribution in [0.1, 0.15) is 55.9 Å². The van der Waals surface area contributed by atoms with Crippen LogP contribution in [0.4, 0.5) is 0 Å². The molecule has 1 aromatic carbocycles. The van der Waals surface area contributed by atoms with Crippen LogP contribution in [0.25, 0.3) is 0 Å². The van der Waals surface area contributed by atoms with Crippen molar-refractivity contribution in [2.45, 2.75) is 52.6 Å². The molecule has 0 bridgehead atoms. The average Bonchev–Trinajstić information content (AvgIpc) is 2.26. The summed E-state index contributed by atoms with van der Waals surface area (Å²) in [5, 5.41) is 9.35. The van der Waals surface area contributed by atoms with Gasteiger partial charge in [-0.05, 0) is 41.5 Å². The molecule has 0 amide bonds. The van der Waals surface area contributed by atoms with E-state index in [4.69, 9.17) is 6.42 Å². The van der Waals surface area contributed by atoms with E-state index < -0.39 is 0 Å². The maximum Gasteiger partial charge on any atom is 0.0684 e. The summed E-state index contributed by atoms with van der Waals surface area (Å²) in [7, 11) is 0. The SMILES string of the molecule is C#C[C@@H](C)c1cc(C)c(CO)cc1C(C)(C)C. The average molecular weight is 230 g/mol. The number of aryl methyl sites for hydroxylation is 1. The first-order valence-electron chi connectivity index (χ1n) is 6.02. The van der Waals surface area contributed by atoms with Gasteiger partial charge in [-0.3, -0.25) is 0 Å². The maximum atomic E-state index is 9.35. The Morgan fingerprint density at radius 2 is 1.94 bits per heavy atom. The van der Waals surface area contributed by atoms with Gasteiger partial charge in [-0.2, -0.15) is 0 Å². The summed E-state index contributed by atoms with van der Waals surface area (Å²) in [6.45, 7) is 10.7. The first-order valence-corrected chi connectivity index (χ1v) is 6.02. The molecule has 17 heavy (non-hydrogen) atoms. The molecule has 0 fully saturated rings. The lowest BCUT2D eigenvalue weighted by atomic mass is 9.79. The van der Waals surface area contributed by atoms with E-state index in [9.17, 15) is 5.11 Å². The Morgan fingerprint density at radius 3 is 2.35 bits per heavy atom. The van der Waals surface area contributed by atoms with Gasteiger partial charge < -0.3 is 5.11 Å². The van der Waals surface area contributed by atoms with Crippen molar-refractivity contribution in [1.82, 2.24) is 0 Å². The Balaban J connectivity index is 3.48. The monoisotopic (exact) mass is 230 g/mol. The molecule has 0 heterocycles. The first kappa shape index (κ1) is 13.8. The molecule has 1 atom stereocenters. The van der Waals surface area contributed by atoms with Crippen LogP contribution in [0.2, 0.25) is 0 Å². The Bertz CT molecular complexity index is 444. The topological polar surface area (TPSA) is 20.2 Å². The highest BCUT2D eigenvalue weighted by atomic mass is 16.3. The van der Waals surface area contributed by atoms with Gasteiger partial charge in [-0.25, -0.2) is 0 Å². The van der Waals surface area contributed by atoms with Gasteiger partial charge in [0.1, 0.15) is 0 Å². The van der Waals surface area contributed by atoms with Crippen molar-refractivity contribution in [2.75, 3.05) is 0 Å². The first-order chi connectivity index (χ1) is 7.81. The molecule has 0 aliphatic carbocycles. The van der Waals surface area contributed by atoms with E-state index in [1.54, 1.807) is 0 Å². The molecule has 0 radical (unpaired) electrons. The van der Waals surface area contributed by atoms with Crippen LogP contribution in [0.3, 0.4) is 0 Å². The third-order valence-corrected chi connectivity index (χ3v) is 3.20. The molecule has 0 saturated heterocycles. The zero-order chi connectivity index (χ0) is 13.2. The number of hydrogen-bond donors (Lipinski definition) is 1. The van der Waals surface area contributed by atoms with Crippen molar-refractivity contribution < 1.29 is 5.11 Å². The van der Waals surface area contributed by atoms with Crippen molar-refractivity contribution in [2.24, 2.45) is 0 Å². The lowest BCUT2D eigenvalue weighted by Crippen LogP contribution is -2.16. The molecule has 1 heteroatoms. The second-order valence-corrected chi connectivity index (χ2v) is 5.66. The van der Waals surface area contributed by atoms with Crippen molar-refractivity contribution in [3.8, 4) is 12.3 Å². The molecule has 0 aromatic heterocycles. The van der Waals surface area contributed by atoms with E-state index in [1.165, 1.54) is 11.1 Å². The van der Waals surface area contributed by atoms with E-state index in [0.717, 1.165) is 11.1 Å². The van der Waals surface area contributed by atoms with Crippen LogP contribution in [0.5, 0.6) is 0 Å². The maximum absolute atomic E-state index is 9.35. The Morgan fingerprint density at radius 1 is 1.35 bits per heavy atom. The van der Waals surface area contributed by atoms with E-state index in [0.29, 0.717) is 0 Å². The highest BCUT2D eigenvalue weighted by Crippen LogP contribution is 2.32. The molecular weight excluding hydrogens is 208 g/mol. The number of rotatable bonds is 2. The molecular formula is C16H22O. The summed E-state index contributed by atoms with van der Waals surface area (Å²) < 4.78 is 0. The van der Waals surface area contributed by atoms with Gasteiger partial charge in [0.05, 0.1) is 6.61 Å². The van der Waals surface area contributed by atoms with Crippen LogP contribution in [-0.4, -0.2) is 5.11 Å². The smallest absolute Gasteiger partial charge is 0.0684 e. The molecule has 92 valence electrons. The van der Waals surface area contributed by atoms with Crippen molar-refractivity contribution in [1.29, 1.82) is 0 Å². The fourth-order valence-electron chi connectivity index (χ4n) is 2.04.